The molecule has 0 spiro atoms. The second kappa shape index (κ2) is 6.08. The number of nitrogens with zero attached hydrogens (tertiary/aromatic N) is 2. The van der Waals surface area contributed by atoms with E-state index in [2.05, 4.69) is 112 Å². The molecule has 2 aromatic carbocycles. The van der Waals surface area contributed by atoms with E-state index in [1.165, 1.54) is 33.4 Å². The fourth-order valence-electron chi connectivity index (χ4n) is 3.52. The summed E-state index contributed by atoms with van der Waals surface area (Å²) >= 11 is 0. The summed E-state index contributed by atoms with van der Waals surface area (Å²) in [5.41, 5.74) is 7.23. The van der Waals surface area contributed by atoms with Crippen molar-refractivity contribution in [2.75, 3.05) is 0 Å². The monoisotopic (exact) mass is 334 g/mol. The minimum Gasteiger partial charge on any atom is -0.155 e. The number of fused-ring (bicyclic) bond motifs is 3. The number of benzene rings is 2. The van der Waals surface area contributed by atoms with Crippen LogP contribution < -0.4 is 8.80 Å². The van der Waals surface area contributed by atoms with Crippen LogP contribution in [-0.2, 0) is 0 Å². The van der Waals surface area contributed by atoms with E-state index in [9.17, 15) is 0 Å². The van der Waals surface area contributed by atoms with Crippen molar-refractivity contribution in [3.8, 4) is 22.4 Å². The van der Waals surface area contributed by atoms with Crippen LogP contribution in [0.5, 0.6) is 0 Å². The van der Waals surface area contributed by atoms with Crippen molar-refractivity contribution < 1.29 is 8.80 Å². The molecule has 3 aromatic heterocycles. The minimum atomic E-state index is 1.17. The average molecular weight is 334 g/mol. The van der Waals surface area contributed by atoms with E-state index < -0.39 is 0 Å². The normalized spacial score (nSPS) is 11.1. The average Bonchev–Trinajstić information content (AvgIpc) is 2.74. The third kappa shape index (κ3) is 2.44. The molecule has 0 aliphatic heterocycles. The molecule has 0 fully saturated rings. The van der Waals surface area contributed by atoms with E-state index in [1.807, 2.05) is 6.07 Å². The maximum atomic E-state index is 2.26. The number of hydrogen-bond donors (Lipinski definition) is 0. The molecule has 2 nitrogen and oxygen atoms in total. The van der Waals surface area contributed by atoms with Crippen LogP contribution in [0.1, 0.15) is 0 Å². The van der Waals surface area contributed by atoms with Gasteiger partial charge >= 0.3 is 0 Å². The molecule has 0 bridgehead atoms. The molecule has 0 radical (unpaired) electrons. The lowest BCUT2D eigenvalue weighted by atomic mass is 10.0. The predicted molar refractivity (Wildman–Crippen MR) is 104 cm³/mol. The lowest BCUT2D eigenvalue weighted by Crippen LogP contribution is -2.33. The Morgan fingerprint density at radius 2 is 1.08 bits per heavy atom. The summed E-state index contributed by atoms with van der Waals surface area (Å²) < 4.78 is 4.45. The van der Waals surface area contributed by atoms with Crippen molar-refractivity contribution in [2.45, 2.75) is 0 Å². The topological polar surface area (TPSA) is 8.20 Å². The second-order valence-electron chi connectivity index (χ2n) is 6.41. The van der Waals surface area contributed by atoms with Gasteiger partial charge in [-0.2, -0.15) is 4.40 Å². The summed E-state index contributed by atoms with van der Waals surface area (Å²) in [6.45, 7) is 0. The first-order valence-electron chi connectivity index (χ1n) is 8.79. The Morgan fingerprint density at radius 3 is 1.88 bits per heavy atom. The van der Waals surface area contributed by atoms with Crippen molar-refractivity contribution in [1.29, 1.82) is 0 Å². The third-order valence-electron chi connectivity index (χ3n) is 4.82. The quantitative estimate of drug-likeness (QED) is 0.332. The van der Waals surface area contributed by atoms with Gasteiger partial charge in [0.2, 0.25) is 6.20 Å². The van der Waals surface area contributed by atoms with E-state index in [1.54, 1.807) is 0 Å². The molecule has 3 heterocycles. The van der Waals surface area contributed by atoms with Crippen LogP contribution in [0, 0.1) is 0 Å². The van der Waals surface area contributed by atoms with Crippen LogP contribution in [0.15, 0.2) is 110 Å². The third-order valence-corrected chi connectivity index (χ3v) is 4.82. The van der Waals surface area contributed by atoms with E-state index in [0.29, 0.717) is 0 Å². The van der Waals surface area contributed by atoms with Crippen LogP contribution >= 0.6 is 0 Å². The summed E-state index contributed by atoms with van der Waals surface area (Å²) in [4.78, 5) is 0. The van der Waals surface area contributed by atoms with Gasteiger partial charge in [0.05, 0.1) is 5.56 Å². The van der Waals surface area contributed by atoms with E-state index in [0.717, 1.165) is 0 Å². The van der Waals surface area contributed by atoms with Crippen molar-refractivity contribution in [3.63, 3.8) is 0 Å². The maximum Gasteiger partial charge on any atom is 0.283 e. The smallest absolute Gasteiger partial charge is 0.155 e. The Kier molecular flexibility index (Phi) is 3.46. The molecule has 0 N–H and O–H groups in total. The molecule has 0 saturated carbocycles. The van der Waals surface area contributed by atoms with Crippen LogP contribution in [0.2, 0.25) is 0 Å². The largest absolute Gasteiger partial charge is 0.283 e. The molecule has 26 heavy (non-hydrogen) atoms. The lowest BCUT2D eigenvalue weighted by molar-refractivity contribution is -0.556. The zero-order chi connectivity index (χ0) is 17.3. The van der Waals surface area contributed by atoms with Crippen LogP contribution in [0.3, 0.4) is 0 Å². The Hall–Kier alpha value is -3.52. The molecule has 0 aliphatic carbocycles. The summed E-state index contributed by atoms with van der Waals surface area (Å²) in [7, 11) is 0. The Morgan fingerprint density at radius 1 is 0.462 bits per heavy atom. The Bertz CT molecular complexity index is 1210. The summed E-state index contributed by atoms with van der Waals surface area (Å²) in [6.07, 6.45) is 6.42. The highest BCUT2D eigenvalue weighted by atomic mass is 15.0. The maximum absolute atomic E-state index is 2.26. The summed E-state index contributed by atoms with van der Waals surface area (Å²) in [6, 6.07) is 31.9. The van der Waals surface area contributed by atoms with Crippen LogP contribution in [0.4, 0.5) is 0 Å². The second-order valence-corrected chi connectivity index (χ2v) is 6.41. The fraction of sp³-hybridized carbons (Fsp3) is 0. The van der Waals surface area contributed by atoms with Gasteiger partial charge in [0.25, 0.3) is 16.7 Å². The van der Waals surface area contributed by atoms with Gasteiger partial charge in [-0.1, -0.05) is 42.5 Å². The number of rotatable bonds is 2. The van der Waals surface area contributed by atoms with Gasteiger partial charge in [-0.05, 0) is 35.4 Å². The highest BCUT2D eigenvalue weighted by Gasteiger charge is 2.21. The molecule has 0 unspecified atom stereocenters. The molecule has 122 valence electrons. The summed E-state index contributed by atoms with van der Waals surface area (Å²) in [5.74, 6) is 0. The molecular formula is C24H18N2+2. The van der Waals surface area contributed by atoms with E-state index in [-0.39, 0.29) is 0 Å². The molecule has 2 heteroatoms. The van der Waals surface area contributed by atoms with Crippen molar-refractivity contribution in [1.82, 2.24) is 0 Å². The first-order chi connectivity index (χ1) is 12.9. The lowest BCUT2D eigenvalue weighted by Gasteiger charge is -2.03. The van der Waals surface area contributed by atoms with Gasteiger partial charge in [0.15, 0.2) is 12.4 Å². The zero-order valence-corrected chi connectivity index (χ0v) is 14.3. The van der Waals surface area contributed by atoms with Gasteiger partial charge in [-0.25, -0.2) is 0 Å². The Labute approximate surface area is 152 Å². The van der Waals surface area contributed by atoms with Crippen molar-refractivity contribution >= 4 is 11.0 Å². The van der Waals surface area contributed by atoms with Gasteiger partial charge in [0, 0.05) is 24.3 Å². The number of aromatic nitrogens is 2. The van der Waals surface area contributed by atoms with E-state index >= 15 is 0 Å². The highest BCUT2D eigenvalue weighted by Crippen LogP contribution is 2.23. The van der Waals surface area contributed by atoms with Gasteiger partial charge < -0.3 is 0 Å². The van der Waals surface area contributed by atoms with Crippen LogP contribution in [-0.4, -0.2) is 0 Å². The molecule has 0 amide bonds. The number of hydrogen-bond acceptors (Lipinski definition) is 0. The first kappa shape index (κ1) is 14.8. The molecule has 5 rings (SSSR count). The molecule has 0 atom stereocenters. The zero-order valence-electron chi connectivity index (χ0n) is 14.3. The predicted octanol–water partition coefficient (Wildman–Crippen LogP) is 4.50. The van der Waals surface area contributed by atoms with E-state index in [4.69, 9.17) is 0 Å². The highest BCUT2D eigenvalue weighted by molar-refractivity contribution is 5.70. The first-order valence-corrected chi connectivity index (χ1v) is 8.79. The van der Waals surface area contributed by atoms with Gasteiger partial charge in [-0.3, -0.25) is 0 Å². The summed E-state index contributed by atoms with van der Waals surface area (Å²) in [5, 5.41) is 0. The van der Waals surface area contributed by atoms with Crippen molar-refractivity contribution in [3.05, 3.63) is 110 Å². The Balaban J connectivity index is 1.71. The molecule has 0 aliphatic rings. The fourth-order valence-corrected chi connectivity index (χ4v) is 3.52. The SMILES string of the molecule is c1ccc(-c2ccc(-c3c[n+]4ccccc4c4cccc[n+]34)cc2)cc1. The molecular weight excluding hydrogens is 316 g/mol. The molecule has 5 aromatic rings. The van der Waals surface area contributed by atoms with Gasteiger partial charge in [0.1, 0.15) is 0 Å². The van der Waals surface area contributed by atoms with Gasteiger partial charge in [-0.15, -0.1) is 4.40 Å². The number of pyridine rings is 2. The van der Waals surface area contributed by atoms with Crippen LogP contribution in [0.25, 0.3) is 33.4 Å². The standard InChI is InChI=1S/C24H18N2/c1-2-8-19(9-3-1)20-12-14-21(15-13-20)24-18-25-16-6-4-10-22(25)23-11-5-7-17-26(23)24/h1-18H/q+2. The minimum absolute atomic E-state index is 1.17. The molecule has 0 saturated heterocycles. The van der Waals surface area contributed by atoms with Crippen molar-refractivity contribution in [2.24, 2.45) is 0 Å².